The third-order valence-electron chi connectivity index (χ3n) is 5.42. The summed E-state index contributed by atoms with van der Waals surface area (Å²) in [5, 5.41) is 3.41. The molecule has 4 heteroatoms. The van der Waals surface area contributed by atoms with Gasteiger partial charge in [-0.25, -0.2) is 0 Å². The van der Waals surface area contributed by atoms with Crippen LogP contribution in [0.4, 0.5) is 0 Å². The minimum absolute atomic E-state index is 0. The van der Waals surface area contributed by atoms with E-state index in [9.17, 15) is 4.79 Å². The van der Waals surface area contributed by atoms with Crippen molar-refractivity contribution in [1.29, 1.82) is 0 Å². The Morgan fingerprint density at radius 1 is 1.21 bits per heavy atom. The van der Waals surface area contributed by atoms with Crippen LogP contribution in [0.15, 0.2) is 0 Å². The van der Waals surface area contributed by atoms with E-state index in [4.69, 9.17) is 0 Å². The van der Waals surface area contributed by atoms with Gasteiger partial charge in [-0.15, -0.1) is 12.4 Å². The number of hydrogen-bond donors (Lipinski definition) is 1. The van der Waals surface area contributed by atoms with E-state index in [1.54, 1.807) is 0 Å². The highest BCUT2D eigenvalue weighted by Crippen LogP contribution is 2.59. The molecular formula is C15H27ClN2O. The predicted molar refractivity (Wildman–Crippen MR) is 79.5 cm³/mol. The average Bonchev–Trinajstić information content (AvgIpc) is 3.10. The van der Waals surface area contributed by atoms with Crippen LogP contribution < -0.4 is 5.32 Å². The van der Waals surface area contributed by atoms with Crippen molar-refractivity contribution >= 4 is 18.3 Å². The van der Waals surface area contributed by atoms with Crippen LogP contribution in [0.2, 0.25) is 0 Å². The molecule has 3 fully saturated rings. The van der Waals surface area contributed by atoms with Crippen LogP contribution in [0.5, 0.6) is 0 Å². The van der Waals surface area contributed by atoms with Gasteiger partial charge in [-0.05, 0) is 62.9 Å². The van der Waals surface area contributed by atoms with E-state index < -0.39 is 0 Å². The minimum atomic E-state index is 0. The van der Waals surface area contributed by atoms with Gasteiger partial charge in [0.25, 0.3) is 0 Å². The molecule has 0 radical (unpaired) electrons. The molecule has 110 valence electrons. The zero-order valence-electron chi connectivity index (χ0n) is 12.0. The number of rotatable bonds is 1. The second-order valence-corrected chi connectivity index (χ2v) is 6.73. The lowest BCUT2D eigenvalue weighted by molar-refractivity contribution is -0.133. The van der Waals surface area contributed by atoms with Crippen LogP contribution in [0.25, 0.3) is 0 Å². The fourth-order valence-electron chi connectivity index (χ4n) is 3.88. The van der Waals surface area contributed by atoms with Gasteiger partial charge in [0.2, 0.25) is 5.91 Å². The van der Waals surface area contributed by atoms with Gasteiger partial charge < -0.3 is 10.2 Å². The lowest BCUT2D eigenvalue weighted by Gasteiger charge is -2.26. The third-order valence-corrected chi connectivity index (χ3v) is 5.42. The Hall–Kier alpha value is -0.280. The zero-order valence-corrected chi connectivity index (χ0v) is 12.8. The number of nitrogens with zero attached hydrogens (tertiary/aromatic N) is 1. The standard InChI is InChI=1S/C15H26N2O.ClH/c1-12-3-2-9-17(10-4-12)14(18)13-11-15(13)5-7-16-8-6-15;/h12-13,16H,2-11H2,1H3;1H. The van der Waals surface area contributed by atoms with Crippen LogP contribution in [0, 0.1) is 17.3 Å². The quantitative estimate of drug-likeness (QED) is 0.803. The molecule has 0 bridgehead atoms. The summed E-state index contributed by atoms with van der Waals surface area (Å²) in [6.07, 6.45) is 7.30. The fraction of sp³-hybridized carbons (Fsp3) is 0.933. The molecule has 2 aliphatic heterocycles. The lowest BCUT2D eigenvalue weighted by atomic mass is 9.91. The number of likely N-dealkylation sites (tertiary alicyclic amines) is 1. The fourth-order valence-corrected chi connectivity index (χ4v) is 3.88. The number of nitrogens with one attached hydrogen (secondary N) is 1. The molecule has 1 N–H and O–H groups in total. The van der Waals surface area contributed by atoms with Gasteiger partial charge in [0, 0.05) is 19.0 Å². The molecule has 2 atom stereocenters. The van der Waals surface area contributed by atoms with Crippen molar-refractivity contribution in [2.75, 3.05) is 26.2 Å². The number of carbonyl (C=O) groups is 1. The molecule has 1 aliphatic carbocycles. The van der Waals surface area contributed by atoms with E-state index in [1.165, 1.54) is 38.5 Å². The summed E-state index contributed by atoms with van der Waals surface area (Å²) in [5.74, 6) is 1.65. The SMILES string of the molecule is CC1CCCN(C(=O)C2CC23CCNCC3)CC1.Cl. The number of hydrogen-bond acceptors (Lipinski definition) is 2. The molecule has 0 aromatic heterocycles. The number of piperidine rings is 1. The molecule has 1 spiro atoms. The minimum Gasteiger partial charge on any atom is -0.342 e. The molecule has 1 amide bonds. The third kappa shape index (κ3) is 3.08. The van der Waals surface area contributed by atoms with Gasteiger partial charge in [-0.2, -0.15) is 0 Å². The first-order valence-electron chi connectivity index (χ1n) is 7.71. The summed E-state index contributed by atoms with van der Waals surface area (Å²) < 4.78 is 0. The van der Waals surface area contributed by atoms with Gasteiger partial charge >= 0.3 is 0 Å². The molecule has 0 aromatic carbocycles. The van der Waals surface area contributed by atoms with Gasteiger partial charge in [0.15, 0.2) is 0 Å². The van der Waals surface area contributed by atoms with Crippen molar-refractivity contribution in [3.8, 4) is 0 Å². The molecule has 2 saturated heterocycles. The van der Waals surface area contributed by atoms with Gasteiger partial charge in [-0.1, -0.05) is 6.92 Å². The summed E-state index contributed by atoms with van der Waals surface area (Å²) in [6.45, 7) is 6.56. The molecular weight excluding hydrogens is 260 g/mol. The van der Waals surface area contributed by atoms with Crippen molar-refractivity contribution in [3.63, 3.8) is 0 Å². The van der Waals surface area contributed by atoms with E-state index in [1.807, 2.05) is 0 Å². The predicted octanol–water partition coefficient (Wildman–Crippen LogP) is 2.45. The second kappa shape index (κ2) is 6.01. The first kappa shape index (κ1) is 15.1. The van der Waals surface area contributed by atoms with E-state index in [-0.39, 0.29) is 12.4 Å². The number of amides is 1. The smallest absolute Gasteiger partial charge is 0.226 e. The Bertz CT molecular complexity index is 322. The second-order valence-electron chi connectivity index (χ2n) is 6.73. The summed E-state index contributed by atoms with van der Waals surface area (Å²) in [5.41, 5.74) is 0.403. The van der Waals surface area contributed by atoms with E-state index in [0.717, 1.165) is 32.1 Å². The maximum Gasteiger partial charge on any atom is 0.226 e. The molecule has 2 unspecified atom stereocenters. The summed E-state index contributed by atoms with van der Waals surface area (Å²) >= 11 is 0. The van der Waals surface area contributed by atoms with Crippen LogP contribution >= 0.6 is 12.4 Å². The highest BCUT2D eigenvalue weighted by atomic mass is 35.5. The van der Waals surface area contributed by atoms with E-state index in [0.29, 0.717) is 17.2 Å². The topological polar surface area (TPSA) is 32.3 Å². The van der Waals surface area contributed by atoms with E-state index in [2.05, 4.69) is 17.1 Å². The molecule has 3 aliphatic rings. The van der Waals surface area contributed by atoms with E-state index >= 15 is 0 Å². The van der Waals surface area contributed by atoms with Crippen molar-refractivity contribution in [2.24, 2.45) is 17.3 Å². The molecule has 2 heterocycles. The largest absolute Gasteiger partial charge is 0.342 e. The normalized spacial score (nSPS) is 33.4. The first-order valence-corrected chi connectivity index (χ1v) is 7.71. The van der Waals surface area contributed by atoms with Crippen molar-refractivity contribution in [3.05, 3.63) is 0 Å². The van der Waals surface area contributed by atoms with Crippen LogP contribution in [0.1, 0.15) is 45.4 Å². The highest BCUT2D eigenvalue weighted by Gasteiger charge is 2.58. The first-order chi connectivity index (χ1) is 8.71. The van der Waals surface area contributed by atoms with Gasteiger partial charge in [0.1, 0.15) is 0 Å². The average molecular weight is 287 g/mol. The van der Waals surface area contributed by atoms with Crippen molar-refractivity contribution < 1.29 is 4.79 Å². The van der Waals surface area contributed by atoms with Crippen LogP contribution in [-0.4, -0.2) is 37.0 Å². The van der Waals surface area contributed by atoms with Crippen LogP contribution in [0.3, 0.4) is 0 Å². The molecule has 19 heavy (non-hydrogen) atoms. The molecule has 3 rings (SSSR count). The van der Waals surface area contributed by atoms with Gasteiger partial charge in [0.05, 0.1) is 0 Å². The lowest BCUT2D eigenvalue weighted by Crippen LogP contribution is -2.37. The number of carbonyl (C=O) groups excluding carboxylic acids is 1. The summed E-state index contributed by atoms with van der Waals surface area (Å²) in [7, 11) is 0. The maximum absolute atomic E-state index is 12.6. The Morgan fingerprint density at radius 3 is 2.68 bits per heavy atom. The summed E-state index contributed by atoms with van der Waals surface area (Å²) in [4.78, 5) is 14.8. The van der Waals surface area contributed by atoms with Crippen LogP contribution in [-0.2, 0) is 4.79 Å². The van der Waals surface area contributed by atoms with Gasteiger partial charge in [-0.3, -0.25) is 4.79 Å². The number of halogens is 1. The molecule has 0 aromatic rings. The summed E-state index contributed by atoms with van der Waals surface area (Å²) in [6, 6.07) is 0. The van der Waals surface area contributed by atoms with Crippen molar-refractivity contribution in [2.45, 2.75) is 45.4 Å². The monoisotopic (exact) mass is 286 g/mol. The molecule has 1 saturated carbocycles. The maximum atomic E-state index is 12.6. The Labute approximate surface area is 122 Å². The molecule has 3 nitrogen and oxygen atoms in total. The highest BCUT2D eigenvalue weighted by molar-refractivity contribution is 5.85. The zero-order chi connectivity index (χ0) is 12.6. The Morgan fingerprint density at radius 2 is 1.95 bits per heavy atom. The Balaban J connectivity index is 0.00000133. The Kier molecular flexibility index (Phi) is 4.78. The van der Waals surface area contributed by atoms with Crippen molar-refractivity contribution in [1.82, 2.24) is 10.2 Å².